The Bertz CT molecular complexity index is 480. The average molecular weight is 276 g/mol. The Labute approximate surface area is 123 Å². The van der Waals surface area contributed by atoms with E-state index in [9.17, 15) is 0 Å². The largest absolute Gasteiger partial charge is 0.463 e. The van der Waals surface area contributed by atoms with E-state index in [-0.39, 0.29) is 5.54 Å². The molecule has 0 unspecified atom stereocenters. The third kappa shape index (κ3) is 4.50. The first-order chi connectivity index (χ1) is 9.33. The molecule has 1 N–H and O–H groups in total. The van der Waals surface area contributed by atoms with Gasteiger partial charge in [0.1, 0.15) is 11.5 Å². The van der Waals surface area contributed by atoms with Crippen molar-refractivity contribution in [3.8, 4) is 0 Å². The van der Waals surface area contributed by atoms with Crippen LogP contribution in [0.3, 0.4) is 0 Å². The van der Waals surface area contributed by atoms with Gasteiger partial charge in [0, 0.05) is 18.6 Å². The SMILES string of the molecule is CC1=CCN(Cc2cc(C)c(CNC(C)(C)C)o2)CC1. The van der Waals surface area contributed by atoms with Gasteiger partial charge in [0.15, 0.2) is 0 Å². The fourth-order valence-corrected chi connectivity index (χ4v) is 2.37. The number of hydrogen-bond acceptors (Lipinski definition) is 3. The Morgan fingerprint density at radius 3 is 2.65 bits per heavy atom. The van der Waals surface area contributed by atoms with Crippen molar-refractivity contribution < 1.29 is 4.42 Å². The van der Waals surface area contributed by atoms with E-state index < -0.39 is 0 Å². The molecule has 112 valence electrons. The molecule has 0 aromatic carbocycles. The first-order valence-electron chi connectivity index (χ1n) is 7.55. The number of nitrogens with one attached hydrogen (secondary N) is 1. The lowest BCUT2D eigenvalue weighted by Crippen LogP contribution is -2.35. The molecule has 0 bridgehead atoms. The molecule has 0 radical (unpaired) electrons. The Balaban J connectivity index is 1.93. The molecule has 3 nitrogen and oxygen atoms in total. The molecule has 0 saturated heterocycles. The number of aryl methyl sites for hydroxylation is 1. The second-order valence-corrected chi connectivity index (χ2v) is 6.96. The van der Waals surface area contributed by atoms with Crippen molar-refractivity contribution in [3.63, 3.8) is 0 Å². The summed E-state index contributed by atoms with van der Waals surface area (Å²) in [5.74, 6) is 2.15. The summed E-state index contributed by atoms with van der Waals surface area (Å²) in [7, 11) is 0. The van der Waals surface area contributed by atoms with Gasteiger partial charge < -0.3 is 9.73 Å². The van der Waals surface area contributed by atoms with Gasteiger partial charge in [-0.25, -0.2) is 0 Å². The molecule has 1 aliphatic heterocycles. The van der Waals surface area contributed by atoms with Gasteiger partial charge in [0.05, 0.1) is 13.1 Å². The molecule has 2 rings (SSSR count). The molecule has 0 amide bonds. The first-order valence-corrected chi connectivity index (χ1v) is 7.55. The summed E-state index contributed by atoms with van der Waals surface area (Å²) < 4.78 is 6.01. The van der Waals surface area contributed by atoms with Crippen molar-refractivity contribution in [1.29, 1.82) is 0 Å². The Kier molecular flexibility index (Phi) is 4.71. The monoisotopic (exact) mass is 276 g/mol. The summed E-state index contributed by atoms with van der Waals surface area (Å²) in [6.45, 7) is 14.8. The highest BCUT2D eigenvalue weighted by molar-refractivity contribution is 5.20. The van der Waals surface area contributed by atoms with Gasteiger partial charge in [-0.1, -0.05) is 11.6 Å². The minimum absolute atomic E-state index is 0.120. The van der Waals surface area contributed by atoms with Gasteiger partial charge in [-0.05, 0) is 52.7 Å². The van der Waals surface area contributed by atoms with Crippen LogP contribution in [0.2, 0.25) is 0 Å². The van der Waals surface area contributed by atoms with Crippen LogP contribution >= 0.6 is 0 Å². The van der Waals surface area contributed by atoms with Crippen molar-refractivity contribution in [2.24, 2.45) is 0 Å². The molecule has 1 aromatic heterocycles. The van der Waals surface area contributed by atoms with E-state index in [4.69, 9.17) is 4.42 Å². The lowest BCUT2D eigenvalue weighted by Gasteiger charge is -2.24. The highest BCUT2D eigenvalue weighted by atomic mass is 16.3. The zero-order chi connectivity index (χ0) is 14.8. The molecule has 0 fully saturated rings. The minimum Gasteiger partial charge on any atom is -0.463 e. The zero-order valence-electron chi connectivity index (χ0n) is 13.5. The fourth-order valence-electron chi connectivity index (χ4n) is 2.37. The van der Waals surface area contributed by atoms with Gasteiger partial charge in [-0.15, -0.1) is 0 Å². The maximum absolute atomic E-state index is 6.01. The van der Waals surface area contributed by atoms with Crippen LogP contribution in [0.5, 0.6) is 0 Å². The summed E-state index contributed by atoms with van der Waals surface area (Å²) in [5.41, 5.74) is 2.88. The number of furan rings is 1. The van der Waals surface area contributed by atoms with Crippen molar-refractivity contribution in [2.75, 3.05) is 13.1 Å². The Morgan fingerprint density at radius 2 is 2.05 bits per heavy atom. The maximum atomic E-state index is 6.01. The molecule has 1 aliphatic rings. The van der Waals surface area contributed by atoms with Crippen LogP contribution in [0.1, 0.15) is 51.2 Å². The average Bonchev–Trinajstić information content (AvgIpc) is 2.69. The van der Waals surface area contributed by atoms with E-state index in [0.29, 0.717) is 0 Å². The topological polar surface area (TPSA) is 28.4 Å². The smallest absolute Gasteiger partial charge is 0.120 e. The van der Waals surface area contributed by atoms with E-state index in [1.807, 2.05) is 0 Å². The molecule has 0 spiro atoms. The van der Waals surface area contributed by atoms with Crippen LogP contribution in [0.4, 0.5) is 0 Å². The van der Waals surface area contributed by atoms with Crippen LogP contribution in [0.25, 0.3) is 0 Å². The summed E-state index contributed by atoms with van der Waals surface area (Å²) in [4.78, 5) is 2.44. The zero-order valence-corrected chi connectivity index (χ0v) is 13.5. The van der Waals surface area contributed by atoms with E-state index >= 15 is 0 Å². The van der Waals surface area contributed by atoms with Gasteiger partial charge in [0.25, 0.3) is 0 Å². The fraction of sp³-hybridized carbons (Fsp3) is 0.647. The number of rotatable bonds is 4. The lowest BCUT2D eigenvalue weighted by molar-refractivity contribution is 0.256. The molecule has 0 saturated carbocycles. The third-order valence-electron chi connectivity index (χ3n) is 3.75. The maximum Gasteiger partial charge on any atom is 0.120 e. The molecular weight excluding hydrogens is 248 g/mol. The highest BCUT2D eigenvalue weighted by Crippen LogP contribution is 2.19. The summed E-state index contributed by atoms with van der Waals surface area (Å²) in [6, 6.07) is 2.19. The molecule has 20 heavy (non-hydrogen) atoms. The predicted molar refractivity (Wildman–Crippen MR) is 83.7 cm³/mol. The quantitative estimate of drug-likeness (QED) is 0.851. The van der Waals surface area contributed by atoms with Crippen molar-refractivity contribution >= 4 is 0 Å². The van der Waals surface area contributed by atoms with Crippen LogP contribution < -0.4 is 5.32 Å². The molecule has 0 atom stereocenters. The predicted octanol–water partition coefficient (Wildman–Crippen LogP) is 3.63. The summed E-state index contributed by atoms with van der Waals surface area (Å²) in [5, 5.41) is 3.48. The van der Waals surface area contributed by atoms with E-state index in [0.717, 1.165) is 37.7 Å². The first kappa shape index (κ1) is 15.3. The highest BCUT2D eigenvalue weighted by Gasteiger charge is 2.15. The molecule has 1 aromatic rings. The van der Waals surface area contributed by atoms with Crippen LogP contribution in [-0.2, 0) is 13.1 Å². The van der Waals surface area contributed by atoms with Crippen LogP contribution in [0.15, 0.2) is 22.1 Å². The van der Waals surface area contributed by atoms with E-state index in [1.165, 1.54) is 17.6 Å². The molecule has 0 aliphatic carbocycles. The van der Waals surface area contributed by atoms with Crippen molar-refractivity contribution in [3.05, 3.63) is 34.8 Å². The van der Waals surface area contributed by atoms with Crippen molar-refractivity contribution in [1.82, 2.24) is 10.2 Å². The van der Waals surface area contributed by atoms with Crippen molar-refractivity contribution in [2.45, 2.75) is 59.7 Å². The third-order valence-corrected chi connectivity index (χ3v) is 3.75. The second-order valence-electron chi connectivity index (χ2n) is 6.96. The second kappa shape index (κ2) is 6.15. The van der Waals surface area contributed by atoms with Gasteiger partial charge in [0.2, 0.25) is 0 Å². The summed E-state index contributed by atoms with van der Waals surface area (Å²) >= 11 is 0. The standard InChI is InChI=1S/C17H28N2O/c1-13-6-8-19(9-7-13)12-15-10-14(2)16(20-15)11-18-17(3,4)5/h6,10,18H,7-9,11-12H2,1-5H3. The minimum atomic E-state index is 0.120. The van der Waals surface area contributed by atoms with E-state index in [1.54, 1.807) is 0 Å². The Morgan fingerprint density at radius 1 is 1.30 bits per heavy atom. The number of nitrogens with zero attached hydrogens (tertiary/aromatic N) is 1. The van der Waals surface area contributed by atoms with Crippen LogP contribution in [-0.4, -0.2) is 23.5 Å². The Hall–Kier alpha value is -1.06. The molecule has 2 heterocycles. The van der Waals surface area contributed by atoms with Gasteiger partial charge in [-0.2, -0.15) is 0 Å². The lowest BCUT2D eigenvalue weighted by atomic mass is 10.1. The summed E-state index contributed by atoms with van der Waals surface area (Å²) in [6.07, 6.45) is 3.50. The molecular formula is C17H28N2O. The number of hydrogen-bond donors (Lipinski definition) is 1. The van der Waals surface area contributed by atoms with E-state index in [2.05, 4.69) is 57.0 Å². The van der Waals surface area contributed by atoms with Gasteiger partial charge in [-0.3, -0.25) is 4.90 Å². The normalized spacial score (nSPS) is 17.4. The molecule has 3 heteroatoms. The van der Waals surface area contributed by atoms with Gasteiger partial charge >= 0.3 is 0 Å². The van der Waals surface area contributed by atoms with Crippen LogP contribution in [0, 0.1) is 6.92 Å².